The van der Waals surface area contributed by atoms with Gasteiger partial charge in [-0.25, -0.2) is 0 Å². The van der Waals surface area contributed by atoms with Gasteiger partial charge in [0.1, 0.15) is 12.4 Å². The summed E-state index contributed by atoms with van der Waals surface area (Å²) in [5.74, 6) is 2.10. The van der Waals surface area contributed by atoms with E-state index in [1.54, 1.807) is 0 Å². The van der Waals surface area contributed by atoms with Crippen LogP contribution in [0.15, 0.2) is 30.3 Å². The second kappa shape index (κ2) is 6.06. The van der Waals surface area contributed by atoms with Crippen LogP contribution in [0.1, 0.15) is 32.6 Å². The van der Waals surface area contributed by atoms with Crippen LogP contribution in [-0.4, -0.2) is 17.8 Å². The van der Waals surface area contributed by atoms with Crippen molar-refractivity contribution in [2.24, 2.45) is 11.8 Å². The molecule has 0 aromatic heterocycles. The highest BCUT2D eigenvalue weighted by molar-refractivity contribution is 5.20. The standard InChI is InChI=1S/C15H22O2/c1-12-7-9-13(10-8-12)15(16)11-17-14-5-3-2-4-6-14/h2-6,12-13,15-16H,7-11H2,1H3. The maximum absolute atomic E-state index is 10.1. The molecule has 1 aliphatic carbocycles. The second-order valence-electron chi connectivity index (χ2n) is 5.21. The van der Waals surface area contributed by atoms with Crippen molar-refractivity contribution in [3.8, 4) is 5.75 Å². The van der Waals surface area contributed by atoms with E-state index in [1.165, 1.54) is 12.8 Å². The van der Waals surface area contributed by atoms with E-state index in [4.69, 9.17) is 4.74 Å². The summed E-state index contributed by atoms with van der Waals surface area (Å²) in [6.07, 6.45) is 4.45. The molecule has 1 aromatic carbocycles. The third-order valence-corrected chi connectivity index (χ3v) is 3.77. The molecule has 0 radical (unpaired) electrons. The van der Waals surface area contributed by atoms with Crippen molar-refractivity contribution in [2.75, 3.05) is 6.61 Å². The van der Waals surface area contributed by atoms with Crippen LogP contribution in [0, 0.1) is 11.8 Å². The second-order valence-corrected chi connectivity index (χ2v) is 5.21. The van der Waals surface area contributed by atoms with Gasteiger partial charge < -0.3 is 9.84 Å². The van der Waals surface area contributed by atoms with Gasteiger partial charge >= 0.3 is 0 Å². The Kier molecular flexibility index (Phi) is 4.43. The monoisotopic (exact) mass is 234 g/mol. The lowest BCUT2D eigenvalue weighted by atomic mass is 9.80. The Bertz CT molecular complexity index is 315. The highest BCUT2D eigenvalue weighted by Gasteiger charge is 2.24. The molecule has 0 heterocycles. The first-order valence-electron chi connectivity index (χ1n) is 6.61. The van der Waals surface area contributed by atoms with Gasteiger partial charge in [0.2, 0.25) is 0 Å². The largest absolute Gasteiger partial charge is 0.491 e. The number of ether oxygens (including phenoxy) is 1. The zero-order valence-corrected chi connectivity index (χ0v) is 10.5. The SMILES string of the molecule is CC1CCC(C(O)COc2ccccc2)CC1. The van der Waals surface area contributed by atoms with Crippen LogP contribution in [0.25, 0.3) is 0 Å². The lowest BCUT2D eigenvalue weighted by Crippen LogP contribution is -2.30. The fraction of sp³-hybridized carbons (Fsp3) is 0.600. The Hall–Kier alpha value is -1.02. The minimum absolute atomic E-state index is 0.317. The van der Waals surface area contributed by atoms with E-state index in [9.17, 15) is 5.11 Å². The van der Waals surface area contributed by atoms with Gasteiger partial charge in [-0.1, -0.05) is 38.0 Å². The molecule has 94 valence electrons. The summed E-state index contributed by atoms with van der Waals surface area (Å²) in [5, 5.41) is 10.1. The van der Waals surface area contributed by atoms with Crippen molar-refractivity contribution in [3.63, 3.8) is 0 Å². The lowest BCUT2D eigenvalue weighted by Gasteiger charge is -2.29. The van der Waals surface area contributed by atoms with E-state index in [2.05, 4.69) is 6.92 Å². The third kappa shape index (κ3) is 3.74. The molecule has 1 atom stereocenters. The van der Waals surface area contributed by atoms with Gasteiger partial charge in [0.05, 0.1) is 6.10 Å². The summed E-state index contributed by atoms with van der Waals surface area (Å²) < 4.78 is 5.60. The Morgan fingerprint density at radius 3 is 2.47 bits per heavy atom. The third-order valence-electron chi connectivity index (χ3n) is 3.77. The van der Waals surface area contributed by atoms with E-state index in [-0.39, 0.29) is 6.10 Å². The average Bonchev–Trinajstić information content (AvgIpc) is 2.38. The summed E-state index contributed by atoms with van der Waals surface area (Å²) in [6.45, 7) is 2.71. The van der Waals surface area contributed by atoms with E-state index in [0.717, 1.165) is 24.5 Å². The molecule has 2 heteroatoms. The van der Waals surface area contributed by atoms with Crippen LogP contribution in [-0.2, 0) is 0 Å². The summed E-state index contributed by atoms with van der Waals surface area (Å²) >= 11 is 0. The molecule has 0 amide bonds. The van der Waals surface area contributed by atoms with Crippen molar-refractivity contribution >= 4 is 0 Å². The Labute approximate surface area is 104 Å². The molecule has 1 unspecified atom stereocenters. The average molecular weight is 234 g/mol. The molecule has 0 bridgehead atoms. The number of para-hydroxylation sites is 1. The van der Waals surface area contributed by atoms with Crippen molar-refractivity contribution < 1.29 is 9.84 Å². The minimum atomic E-state index is -0.317. The maximum atomic E-state index is 10.1. The van der Waals surface area contributed by atoms with Crippen LogP contribution in [0.5, 0.6) is 5.75 Å². The van der Waals surface area contributed by atoms with Gasteiger partial charge in [-0.2, -0.15) is 0 Å². The van der Waals surface area contributed by atoms with Crippen LogP contribution in [0.4, 0.5) is 0 Å². The molecule has 2 nitrogen and oxygen atoms in total. The van der Waals surface area contributed by atoms with Gasteiger partial charge in [0.15, 0.2) is 0 Å². The number of aliphatic hydroxyl groups is 1. The van der Waals surface area contributed by atoms with Crippen molar-refractivity contribution in [1.29, 1.82) is 0 Å². The summed E-state index contributed by atoms with van der Waals surface area (Å²) in [5.41, 5.74) is 0. The van der Waals surface area contributed by atoms with Gasteiger partial charge in [-0.15, -0.1) is 0 Å². The fourth-order valence-corrected chi connectivity index (χ4v) is 2.51. The maximum Gasteiger partial charge on any atom is 0.119 e. The van der Waals surface area contributed by atoms with E-state index >= 15 is 0 Å². The Morgan fingerprint density at radius 2 is 1.82 bits per heavy atom. The molecule has 1 N–H and O–H groups in total. The fourth-order valence-electron chi connectivity index (χ4n) is 2.51. The first-order chi connectivity index (χ1) is 8.25. The smallest absolute Gasteiger partial charge is 0.119 e. The van der Waals surface area contributed by atoms with Gasteiger partial charge in [0, 0.05) is 0 Å². The minimum Gasteiger partial charge on any atom is -0.491 e. The molecule has 2 rings (SSSR count). The van der Waals surface area contributed by atoms with Crippen molar-refractivity contribution in [3.05, 3.63) is 30.3 Å². The summed E-state index contributed by atoms with van der Waals surface area (Å²) in [7, 11) is 0. The summed E-state index contributed by atoms with van der Waals surface area (Å²) in [4.78, 5) is 0. The zero-order chi connectivity index (χ0) is 12.1. The van der Waals surface area contributed by atoms with Gasteiger partial charge in [0.25, 0.3) is 0 Å². The Balaban J connectivity index is 1.75. The quantitative estimate of drug-likeness (QED) is 0.866. The topological polar surface area (TPSA) is 29.5 Å². The van der Waals surface area contributed by atoms with Crippen LogP contribution < -0.4 is 4.74 Å². The molecular weight excluding hydrogens is 212 g/mol. The van der Waals surface area contributed by atoms with E-state index < -0.39 is 0 Å². The molecule has 0 spiro atoms. The first-order valence-corrected chi connectivity index (χ1v) is 6.61. The molecule has 0 saturated heterocycles. The van der Waals surface area contributed by atoms with E-state index in [1.807, 2.05) is 30.3 Å². The predicted octanol–water partition coefficient (Wildman–Crippen LogP) is 3.25. The number of aliphatic hydroxyl groups excluding tert-OH is 1. The number of rotatable bonds is 4. The van der Waals surface area contributed by atoms with Gasteiger partial charge in [-0.05, 0) is 36.8 Å². The molecule has 17 heavy (non-hydrogen) atoms. The van der Waals surface area contributed by atoms with Crippen molar-refractivity contribution in [1.82, 2.24) is 0 Å². The molecule has 1 saturated carbocycles. The van der Waals surface area contributed by atoms with Crippen LogP contribution in [0.2, 0.25) is 0 Å². The predicted molar refractivity (Wildman–Crippen MR) is 69.1 cm³/mol. The van der Waals surface area contributed by atoms with Crippen molar-refractivity contribution in [2.45, 2.75) is 38.7 Å². The van der Waals surface area contributed by atoms with Crippen LogP contribution >= 0.6 is 0 Å². The zero-order valence-electron chi connectivity index (χ0n) is 10.5. The van der Waals surface area contributed by atoms with Crippen LogP contribution in [0.3, 0.4) is 0 Å². The summed E-state index contributed by atoms with van der Waals surface area (Å²) in [6, 6.07) is 9.71. The first kappa shape index (κ1) is 12.4. The molecule has 1 aliphatic rings. The van der Waals surface area contributed by atoms with Gasteiger partial charge in [-0.3, -0.25) is 0 Å². The highest BCUT2D eigenvalue weighted by atomic mass is 16.5. The van der Waals surface area contributed by atoms with E-state index in [0.29, 0.717) is 12.5 Å². The molecule has 1 aromatic rings. The number of hydrogen-bond acceptors (Lipinski definition) is 2. The molecular formula is C15H22O2. The Morgan fingerprint density at radius 1 is 1.18 bits per heavy atom. The highest BCUT2D eigenvalue weighted by Crippen LogP contribution is 2.30. The lowest BCUT2D eigenvalue weighted by molar-refractivity contribution is 0.0355. The molecule has 0 aliphatic heterocycles. The number of benzene rings is 1. The normalized spacial score (nSPS) is 26.5. The number of hydrogen-bond donors (Lipinski definition) is 1. The molecule has 1 fully saturated rings.